The average Bonchev–Trinajstić information content (AvgIpc) is 3.18. The number of hydrogen-bond acceptors (Lipinski definition) is 3. The second kappa shape index (κ2) is 5.62. The van der Waals surface area contributed by atoms with E-state index in [9.17, 15) is 4.39 Å². The highest BCUT2D eigenvalue weighted by molar-refractivity contribution is 7.15. The van der Waals surface area contributed by atoms with Gasteiger partial charge in [-0.15, -0.1) is 11.3 Å². The number of aryl methyl sites for hydroxylation is 1. The van der Waals surface area contributed by atoms with Crippen LogP contribution in [0.3, 0.4) is 0 Å². The van der Waals surface area contributed by atoms with Crippen LogP contribution in [0.15, 0.2) is 18.2 Å². The lowest BCUT2D eigenvalue weighted by Crippen LogP contribution is -2.11. The molecule has 0 atom stereocenters. The summed E-state index contributed by atoms with van der Waals surface area (Å²) in [5, 5.41) is 4.17. The summed E-state index contributed by atoms with van der Waals surface area (Å²) < 4.78 is 14.1. The Labute approximate surface area is 123 Å². The summed E-state index contributed by atoms with van der Waals surface area (Å²) in [5.41, 5.74) is 2.76. The molecule has 4 heteroatoms. The van der Waals surface area contributed by atoms with Crippen LogP contribution in [0.4, 0.5) is 4.39 Å². The zero-order valence-electron chi connectivity index (χ0n) is 11.9. The fourth-order valence-electron chi connectivity index (χ4n) is 2.31. The van der Waals surface area contributed by atoms with Crippen LogP contribution in [0.1, 0.15) is 41.8 Å². The molecule has 0 aliphatic heterocycles. The molecule has 1 heterocycles. The van der Waals surface area contributed by atoms with Crippen molar-refractivity contribution in [3.8, 4) is 10.6 Å². The molecule has 1 fully saturated rings. The summed E-state index contributed by atoms with van der Waals surface area (Å²) in [4.78, 5) is 5.99. The number of aromatic nitrogens is 1. The van der Waals surface area contributed by atoms with Gasteiger partial charge >= 0.3 is 0 Å². The highest BCUT2D eigenvalue weighted by Gasteiger charge is 2.30. The molecule has 0 spiro atoms. The summed E-state index contributed by atoms with van der Waals surface area (Å²) >= 11 is 1.63. The van der Waals surface area contributed by atoms with Crippen LogP contribution < -0.4 is 5.32 Å². The summed E-state index contributed by atoms with van der Waals surface area (Å²) in [7, 11) is 0. The Kier molecular flexibility index (Phi) is 3.85. The highest BCUT2D eigenvalue weighted by atomic mass is 32.1. The summed E-state index contributed by atoms with van der Waals surface area (Å²) in [6.07, 6.45) is 2.44. The van der Waals surface area contributed by atoms with Gasteiger partial charge in [-0.05, 0) is 44.0 Å². The van der Waals surface area contributed by atoms with Crippen LogP contribution in [0, 0.1) is 12.7 Å². The number of nitrogens with one attached hydrogen (secondary N) is 1. The van der Waals surface area contributed by atoms with Crippen molar-refractivity contribution in [2.24, 2.45) is 0 Å². The maximum Gasteiger partial charge on any atom is 0.133 e. The highest BCUT2D eigenvalue weighted by Crippen LogP contribution is 2.44. The van der Waals surface area contributed by atoms with Crippen molar-refractivity contribution in [1.82, 2.24) is 10.3 Å². The van der Waals surface area contributed by atoms with Gasteiger partial charge < -0.3 is 5.32 Å². The number of halogens is 1. The summed E-state index contributed by atoms with van der Waals surface area (Å²) in [6.45, 7) is 5.78. The quantitative estimate of drug-likeness (QED) is 0.890. The molecule has 0 radical (unpaired) electrons. The Morgan fingerprint density at radius 2 is 2.20 bits per heavy atom. The van der Waals surface area contributed by atoms with E-state index < -0.39 is 0 Å². The first-order valence-electron chi connectivity index (χ1n) is 7.16. The zero-order valence-corrected chi connectivity index (χ0v) is 12.7. The van der Waals surface area contributed by atoms with E-state index >= 15 is 0 Å². The molecule has 1 aromatic heterocycles. The van der Waals surface area contributed by atoms with Crippen LogP contribution in [0.2, 0.25) is 0 Å². The zero-order chi connectivity index (χ0) is 14.1. The molecule has 1 aromatic carbocycles. The Balaban J connectivity index is 1.96. The van der Waals surface area contributed by atoms with Gasteiger partial charge in [0.2, 0.25) is 0 Å². The predicted molar refractivity (Wildman–Crippen MR) is 81.6 cm³/mol. The normalized spacial score (nSPS) is 14.8. The van der Waals surface area contributed by atoms with E-state index in [1.165, 1.54) is 23.4 Å². The molecule has 106 valence electrons. The standard InChI is InChI=1S/C16H19FN2S/c1-3-18-9-14-15(11-5-6-11)19-16(20-14)12-7-4-10(2)8-13(12)17/h4,7-8,11,18H,3,5-6,9H2,1-2H3. The van der Waals surface area contributed by atoms with Crippen LogP contribution in [0.25, 0.3) is 10.6 Å². The van der Waals surface area contributed by atoms with E-state index in [4.69, 9.17) is 4.98 Å². The predicted octanol–water partition coefficient (Wildman–Crippen LogP) is 4.24. The number of hydrogen-bond donors (Lipinski definition) is 1. The van der Waals surface area contributed by atoms with Crippen molar-refractivity contribution in [3.05, 3.63) is 40.2 Å². The molecule has 0 bridgehead atoms. The van der Waals surface area contributed by atoms with E-state index in [-0.39, 0.29) is 5.82 Å². The molecule has 1 aliphatic carbocycles. The molecule has 20 heavy (non-hydrogen) atoms. The van der Waals surface area contributed by atoms with Gasteiger partial charge in [-0.2, -0.15) is 0 Å². The molecular weight excluding hydrogens is 271 g/mol. The fourth-order valence-corrected chi connectivity index (χ4v) is 3.46. The molecule has 1 N–H and O–H groups in total. The second-order valence-corrected chi connectivity index (χ2v) is 6.45. The topological polar surface area (TPSA) is 24.9 Å². The Bertz CT molecular complexity index is 617. The molecule has 1 aliphatic rings. The number of thiazole rings is 1. The largest absolute Gasteiger partial charge is 0.312 e. The molecule has 0 amide bonds. The minimum absolute atomic E-state index is 0.170. The Morgan fingerprint density at radius 1 is 1.40 bits per heavy atom. The first kappa shape index (κ1) is 13.7. The van der Waals surface area contributed by atoms with Crippen LogP contribution in [-0.4, -0.2) is 11.5 Å². The number of rotatable bonds is 5. The van der Waals surface area contributed by atoms with Crippen molar-refractivity contribution in [1.29, 1.82) is 0 Å². The lowest BCUT2D eigenvalue weighted by atomic mass is 10.1. The molecule has 2 aromatic rings. The third-order valence-corrected chi connectivity index (χ3v) is 4.69. The van der Waals surface area contributed by atoms with E-state index in [2.05, 4.69) is 12.2 Å². The van der Waals surface area contributed by atoms with Crippen LogP contribution in [-0.2, 0) is 6.54 Å². The maximum absolute atomic E-state index is 14.1. The maximum atomic E-state index is 14.1. The van der Waals surface area contributed by atoms with Crippen molar-refractivity contribution in [2.45, 2.75) is 39.2 Å². The van der Waals surface area contributed by atoms with Gasteiger partial charge in [-0.1, -0.05) is 13.0 Å². The number of benzene rings is 1. The molecule has 2 nitrogen and oxygen atoms in total. The molecule has 0 saturated heterocycles. The lowest BCUT2D eigenvalue weighted by Gasteiger charge is -2.00. The van der Waals surface area contributed by atoms with Gasteiger partial charge in [0.15, 0.2) is 0 Å². The van der Waals surface area contributed by atoms with Gasteiger partial charge in [0.05, 0.1) is 5.69 Å². The third-order valence-electron chi connectivity index (χ3n) is 3.58. The average molecular weight is 290 g/mol. The van der Waals surface area contributed by atoms with E-state index in [0.29, 0.717) is 11.5 Å². The monoisotopic (exact) mass is 290 g/mol. The minimum atomic E-state index is -0.170. The van der Waals surface area contributed by atoms with E-state index in [1.54, 1.807) is 17.4 Å². The number of nitrogens with zero attached hydrogens (tertiary/aromatic N) is 1. The second-order valence-electron chi connectivity index (χ2n) is 5.37. The van der Waals surface area contributed by atoms with Gasteiger partial charge in [-0.25, -0.2) is 9.37 Å². The van der Waals surface area contributed by atoms with Crippen LogP contribution in [0.5, 0.6) is 0 Å². The molecule has 0 unspecified atom stereocenters. The Hall–Kier alpha value is -1.26. The van der Waals surface area contributed by atoms with Crippen LogP contribution >= 0.6 is 11.3 Å². The molecule has 1 saturated carbocycles. The summed E-state index contributed by atoms with van der Waals surface area (Å²) in [6, 6.07) is 5.37. The minimum Gasteiger partial charge on any atom is -0.312 e. The molecular formula is C16H19FN2S. The Morgan fingerprint density at radius 3 is 2.85 bits per heavy atom. The van der Waals surface area contributed by atoms with Gasteiger partial charge in [0.1, 0.15) is 10.8 Å². The fraction of sp³-hybridized carbons (Fsp3) is 0.438. The lowest BCUT2D eigenvalue weighted by molar-refractivity contribution is 0.630. The summed E-state index contributed by atoms with van der Waals surface area (Å²) in [5.74, 6) is 0.429. The third kappa shape index (κ3) is 2.76. The van der Waals surface area contributed by atoms with Crippen molar-refractivity contribution in [2.75, 3.05) is 6.54 Å². The van der Waals surface area contributed by atoms with E-state index in [0.717, 1.165) is 23.7 Å². The SMILES string of the molecule is CCNCc1sc(-c2ccc(C)cc2F)nc1C1CC1. The van der Waals surface area contributed by atoms with Crippen molar-refractivity contribution in [3.63, 3.8) is 0 Å². The van der Waals surface area contributed by atoms with E-state index in [1.807, 2.05) is 19.1 Å². The van der Waals surface area contributed by atoms with Gasteiger partial charge in [0.25, 0.3) is 0 Å². The van der Waals surface area contributed by atoms with Crippen molar-refractivity contribution < 1.29 is 4.39 Å². The van der Waals surface area contributed by atoms with Gasteiger partial charge in [0, 0.05) is 22.9 Å². The smallest absolute Gasteiger partial charge is 0.133 e. The first-order chi connectivity index (χ1) is 9.69. The first-order valence-corrected chi connectivity index (χ1v) is 7.97. The molecule has 3 rings (SSSR count). The van der Waals surface area contributed by atoms with Gasteiger partial charge in [-0.3, -0.25) is 0 Å². The van der Waals surface area contributed by atoms with Crippen molar-refractivity contribution >= 4 is 11.3 Å².